The van der Waals surface area contributed by atoms with Crippen molar-refractivity contribution in [1.29, 1.82) is 0 Å². The zero-order chi connectivity index (χ0) is 15.7. The number of nitrogens with zero attached hydrogens (tertiary/aromatic N) is 3. The maximum absolute atomic E-state index is 12.5. The van der Waals surface area contributed by atoms with Crippen LogP contribution in [0.25, 0.3) is 10.4 Å². The summed E-state index contributed by atoms with van der Waals surface area (Å²) in [6.07, 6.45) is 1.40. The van der Waals surface area contributed by atoms with Gasteiger partial charge in [-0.1, -0.05) is 58.9 Å². The molecule has 1 unspecified atom stereocenters. The molecule has 0 aliphatic rings. The fraction of sp³-hybridized carbons (Fsp3) is 0.533. The molecule has 0 amide bonds. The van der Waals surface area contributed by atoms with Gasteiger partial charge in [0.2, 0.25) is 0 Å². The standard InChI is InChI=1S/C15H20IN3O2/c1-3-12-5-7-13(8-6-12)15(11-16,9-10-18-19-17)14(20)21-4-2/h5-8H,3-4,9-11H2,1-2H3. The number of halogens is 1. The number of alkyl halides is 1. The van der Waals surface area contributed by atoms with Crippen molar-refractivity contribution in [3.05, 3.63) is 45.8 Å². The first kappa shape index (κ1) is 17.8. The zero-order valence-electron chi connectivity index (χ0n) is 12.4. The van der Waals surface area contributed by atoms with Crippen LogP contribution < -0.4 is 0 Å². The summed E-state index contributed by atoms with van der Waals surface area (Å²) in [4.78, 5) is 15.3. The summed E-state index contributed by atoms with van der Waals surface area (Å²) in [5.41, 5.74) is 9.84. The number of ether oxygens (including phenoxy) is 1. The summed E-state index contributed by atoms with van der Waals surface area (Å²) in [5.74, 6) is -0.253. The van der Waals surface area contributed by atoms with E-state index in [0.29, 0.717) is 17.5 Å². The average molecular weight is 401 g/mol. The number of hydrogen-bond acceptors (Lipinski definition) is 3. The Kier molecular flexibility index (Phi) is 7.53. The Balaban J connectivity index is 3.18. The number of carbonyl (C=O) groups is 1. The largest absolute Gasteiger partial charge is 0.465 e. The van der Waals surface area contributed by atoms with E-state index in [-0.39, 0.29) is 12.5 Å². The zero-order valence-corrected chi connectivity index (χ0v) is 14.5. The van der Waals surface area contributed by atoms with Crippen molar-refractivity contribution in [3.8, 4) is 0 Å². The lowest BCUT2D eigenvalue weighted by Gasteiger charge is -2.30. The number of rotatable bonds is 8. The molecular weight excluding hydrogens is 381 g/mol. The van der Waals surface area contributed by atoms with E-state index in [1.807, 2.05) is 24.3 Å². The molecule has 0 saturated carbocycles. The number of carbonyl (C=O) groups excluding carboxylic acids is 1. The molecule has 1 rings (SSSR count). The molecule has 1 aromatic rings. The van der Waals surface area contributed by atoms with Gasteiger partial charge in [0.25, 0.3) is 0 Å². The summed E-state index contributed by atoms with van der Waals surface area (Å²) in [5, 5.41) is 3.58. The Bertz CT molecular complexity index is 512. The summed E-state index contributed by atoms with van der Waals surface area (Å²) in [6, 6.07) is 8.02. The summed E-state index contributed by atoms with van der Waals surface area (Å²) >= 11 is 2.19. The Hall–Kier alpha value is -1.27. The van der Waals surface area contributed by atoms with E-state index < -0.39 is 5.41 Å². The number of hydrogen-bond donors (Lipinski definition) is 0. The molecule has 0 heterocycles. The maximum Gasteiger partial charge on any atom is 0.317 e. The lowest BCUT2D eigenvalue weighted by atomic mass is 9.79. The van der Waals surface area contributed by atoms with Crippen LogP contribution in [0.5, 0.6) is 0 Å². The van der Waals surface area contributed by atoms with Gasteiger partial charge in [-0.25, -0.2) is 0 Å². The van der Waals surface area contributed by atoms with E-state index in [2.05, 4.69) is 39.5 Å². The van der Waals surface area contributed by atoms with E-state index >= 15 is 0 Å². The highest BCUT2D eigenvalue weighted by atomic mass is 127. The van der Waals surface area contributed by atoms with Crippen LogP contribution in [-0.4, -0.2) is 23.5 Å². The van der Waals surface area contributed by atoms with Crippen LogP contribution in [0.15, 0.2) is 29.4 Å². The Morgan fingerprint density at radius 1 is 1.38 bits per heavy atom. The third kappa shape index (κ3) is 4.35. The quantitative estimate of drug-likeness (QED) is 0.164. The van der Waals surface area contributed by atoms with Crippen LogP contribution in [-0.2, 0) is 21.4 Å². The van der Waals surface area contributed by atoms with E-state index in [0.717, 1.165) is 12.0 Å². The molecule has 0 aliphatic carbocycles. The van der Waals surface area contributed by atoms with E-state index in [1.165, 1.54) is 5.56 Å². The van der Waals surface area contributed by atoms with Crippen molar-refractivity contribution < 1.29 is 9.53 Å². The van der Waals surface area contributed by atoms with E-state index in [4.69, 9.17) is 10.3 Å². The second-order valence-electron chi connectivity index (χ2n) is 4.69. The van der Waals surface area contributed by atoms with Crippen LogP contribution in [0.4, 0.5) is 0 Å². The third-order valence-corrected chi connectivity index (χ3v) is 4.81. The van der Waals surface area contributed by atoms with Gasteiger partial charge < -0.3 is 4.74 Å². The van der Waals surface area contributed by atoms with Crippen molar-refractivity contribution in [1.82, 2.24) is 0 Å². The van der Waals surface area contributed by atoms with Gasteiger partial charge in [0.05, 0.1) is 6.61 Å². The lowest BCUT2D eigenvalue weighted by Crippen LogP contribution is -2.40. The first-order chi connectivity index (χ1) is 10.1. The first-order valence-electron chi connectivity index (χ1n) is 6.98. The molecule has 0 aromatic heterocycles. The van der Waals surface area contributed by atoms with Crippen molar-refractivity contribution in [2.75, 3.05) is 17.6 Å². The first-order valence-corrected chi connectivity index (χ1v) is 8.50. The van der Waals surface area contributed by atoms with Crippen LogP contribution in [0, 0.1) is 0 Å². The second-order valence-corrected chi connectivity index (χ2v) is 5.45. The SMILES string of the molecule is CCOC(=O)C(CI)(CCN=[N+]=[N-])c1ccc(CC)cc1. The van der Waals surface area contributed by atoms with Gasteiger partial charge in [-0.3, -0.25) is 4.79 Å². The summed E-state index contributed by atoms with van der Waals surface area (Å²) in [6.45, 7) is 4.50. The topological polar surface area (TPSA) is 75.1 Å². The van der Waals surface area contributed by atoms with Gasteiger partial charge in [-0.2, -0.15) is 0 Å². The highest BCUT2D eigenvalue weighted by Crippen LogP contribution is 2.32. The molecule has 0 spiro atoms. The van der Waals surface area contributed by atoms with Crippen molar-refractivity contribution in [2.24, 2.45) is 5.11 Å². The highest BCUT2D eigenvalue weighted by molar-refractivity contribution is 14.1. The van der Waals surface area contributed by atoms with Gasteiger partial charge in [0.15, 0.2) is 0 Å². The van der Waals surface area contributed by atoms with Crippen molar-refractivity contribution >= 4 is 28.6 Å². The molecule has 114 valence electrons. The van der Waals surface area contributed by atoms with Gasteiger partial charge in [-0.15, -0.1) is 0 Å². The van der Waals surface area contributed by atoms with Gasteiger partial charge in [0, 0.05) is 15.9 Å². The van der Waals surface area contributed by atoms with Crippen molar-refractivity contribution in [2.45, 2.75) is 32.1 Å². The molecule has 21 heavy (non-hydrogen) atoms. The van der Waals surface area contributed by atoms with Crippen LogP contribution in [0.2, 0.25) is 0 Å². The molecule has 0 N–H and O–H groups in total. The maximum atomic E-state index is 12.5. The molecule has 0 radical (unpaired) electrons. The van der Waals surface area contributed by atoms with Gasteiger partial charge in [-0.05, 0) is 36.4 Å². The molecular formula is C15H20IN3O2. The Morgan fingerprint density at radius 3 is 2.52 bits per heavy atom. The minimum atomic E-state index is -0.753. The normalized spacial score (nSPS) is 13.1. The average Bonchev–Trinajstić information content (AvgIpc) is 2.52. The van der Waals surface area contributed by atoms with Crippen LogP contribution in [0.1, 0.15) is 31.4 Å². The minimum absolute atomic E-state index is 0.253. The van der Waals surface area contributed by atoms with E-state index in [9.17, 15) is 4.79 Å². The van der Waals surface area contributed by atoms with Crippen LogP contribution >= 0.6 is 22.6 Å². The number of azide groups is 1. The van der Waals surface area contributed by atoms with E-state index in [1.54, 1.807) is 6.92 Å². The molecule has 0 saturated heterocycles. The predicted molar refractivity (Wildman–Crippen MR) is 91.6 cm³/mol. The fourth-order valence-corrected chi connectivity index (χ4v) is 3.31. The fourth-order valence-electron chi connectivity index (χ4n) is 2.18. The molecule has 1 aromatic carbocycles. The van der Waals surface area contributed by atoms with Gasteiger partial charge >= 0.3 is 5.97 Å². The van der Waals surface area contributed by atoms with Crippen LogP contribution in [0.3, 0.4) is 0 Å². The molecule has 0 fully saturated rings. The second kappa shape index (κ2) is 8.89. The Morgan fingerprint density at radius 2 is 2.05 bits per heavy atom. The molecule has 0 aliphatic heterocycles. The molecule has 6 heteroatoms. The Labute approximate surface area is 138 Å². The predicted octanol–water partition coefficient (Wildman–Crippen LogP) is 4.19. The number of esters is 1. The van der Waals surface area contributed by atoms with Gasteiger partial charge in [0.1, 0.15) is 5.41 Å². The minimum Gasteiger partial charge on any atom is -0.465 e. The number of aryl methyl sites for hydroxylation is 1. The highest BCUT2D eigenvalue weighted by Gasteiger charge is 2.40. The summed E-state index contributed by atoms with van der Waals surface area (Å²) in [7, 11) is 0. The number of benzene rings is 1. The molecule has 0 bridgehead atoms. The smallest absolute Gasteiger partial charge is 0.317 e. The third-order valence-electron chi connectivity index (χ3n) is 3.51. The molecule has 5 nitrogen and oxygen atoms in total. The monoisotopic (exact) mass is 401 g/mol. The lowest BCUT2D eigenvalue weighted by molar-refractivity contribution is -0.149. The molecule has 1 atom stereocenters. The summed E-state index contributed by atoms with van der Waals surface area (Å²) < 4.78 is 5.84. The van der Waals surface area contributed by atoms with Crippen molar-refractivity contribution in [3.63, 3.8) is 0 Å².